The highest BCUT2D eigenvalue weighted by Crippen LogP contribution is 2.21. The van der Waals surface area contributed by atoms with Crippen molar-refractivity contribution in [1.82, 2.24) is 4.98 Å². The molecular weight excluding hydrogens is 246 g/mol. The Morgan fingerprint density at radius 1 is 1.16 bits per heavy atom. The smallest absolute Gasteiger partial charge is 0.307 e. The zero-order valence-electron chi connectivity index (χ0n) is 10.4. The van der Waals surface area contributed by atoms with Crippen molar-refractivity contribution in [1.29, 1.82) is 0 Å². The molecule has 98 valence electrons. The summed E-state index contributed by atoms with van der Waals surface area (Å²) in [6.45, 7) is 0. The topological polar surface area (TPSA) is 68.7 Å². The van der Waals surface area contributed by atoms with E-state index in [4.69, 9.17) is 14.6 Å². The Kier molecular flexibility index (Phi) is 3.97. The van der Waals surface area contributed by atoms with E-state index in [1.54, 1.807) is 49.7 Å². The molecule has 0 aliphatic heterocycles. The van der Waals surface area contributed by atoms with Crippen LogP contribution in [0.5, 0.6) is 17.4 Å². The number of nitrogens with zero attached hydrogens (tertiary/aromatic N) is 1. The minimum atomic E-state index is -0.856. The van der Waals surface area contributed by atoms with Crippen LogP contribution in [0.25, 0.3) is 0 Å². The third kappa shape index (κ3) is 3.70. The number of pyridine rings is 1. The van der Waals surface area contributed by atoms with Crippen molar-refractivity contribution in [3.63, 3.8) is 0 Å². The Morgan fingerprint density at radius 3 is 2.37 bits per heavy atom. The molecule has 1 heterocycles. The first-order valence-electron chi connectivity index (χ1n) is 5.66. The summed E-state index contributed by atoms with van der Waals surface area (Å²) in [6.07, 6.45) is 1.56. The lowest BCUT2D eigenvalue weighted by atomic mass is 10.1. The van der Waals surface area contributed by atoms with Crippen LogP contribution in [0.1, 0.15) is 5.56 Å². The van der Waals surface area contributed by atoms with Gasteiger partial charge in [-0.3, -0.25) is 4.79 Å². The van der Waals surface area contributed by atoms with Crippen molar-refractivity contribution in [2.45, 2.75) is 6.42 Å². The molecular formula is C14H13NO4. The van der Waals surface area contributed by atoms with E-state index >= 15 is 0 Å². The van der Waals surface area contributed by atoms with Crippen LogP contribution >= 0.6 is 0 Å². The predicted molar refractivity (Wildman–Crippen MR) is 68.6 cm³/mol. The Labute approximate surface area is 110 Å². The van der Waals surface area contributed by atoms with Crippen LogP contribution in [0.4, 0.5) is 0 Å². The largest absolute Gasteiger partial charge is 0.495 e. The molecule has 0 saturated carbocycles. The van der Waals surface area contributed by atoms with Crippen LogP contribution in [0.3, 0.4) is 0 Å². The number of ether oxygens (including phenoxy) is 2. The van der Waals surface area contributed by atoms with Crippen LogP contribution < -0.4 is 9.47 Å². The summed E-state index contributed by atoms with van der Waals surface area (Å²) in [5.74, 6) is 0.855. The molecule has 1 N–H and O–H groups in total. The van der Waals surface area contributed by atoms with Gasteiger partial charge in [0.25, 0.3) is 0 Å². The first-order chi connectivity index (χ1) is 9.17. The molecule has 2 rings (SSSR count). The molecule has 0 fully saturated rings. The van der Waals surface area contributed by atoms with Crippen molar-refractivity contribution in [2.75, 3.05) is 7.11 Å². The van der Waals surface area contributed by atoms with Crippen molar-refractivity contribution in [2.24, 2.45) is 0 Å². The summed E-state index contributed by atoms with van der Waals surface area (Å²) in [7, 11) is 1.57. The molecule has 0 spiro atoms. The fourth-order valence-electron chi connectivity index (χ4n) is 1.52. The highest BCUT2D eigenvalue weighted by Gasteiger charge is 2.02. The van der Waals surface area contributed by atoms with Crippen LogP contribution in [-0.4, -0.2) is 23.2 Å². The zero-order valence-corrected chi connectivity index (χ0v) is 10.4. The zero-order chi connectivity index (χ0) is 13.7. The number of carbonyl (C=O) groups is 1. The Hall–Kier alpha value is -2.56. The van der Waals surface area contributed by atoms with E-state index in [2.05, 4.69) is 4.98 Å². The fourth-order valence-corrected chi connectivity index (χ4v) is 1.52. The van der Waals surface area contributed by atoms with Gasteiger partial charge in [-0.15, -0.1) is 0 Å². The molecule has 19 heavy (non-hydrogen) atoms. The van der Waals surface area contributed by atoms with Crippen LogP contribution in [0, 0.1) is 0 Å². The number of methoxy groups -OCH3 is 1. The number of carboxylic acid groups (broad SMARTS) is 1. The molecule has 2 aromatic rings. The van der Waals surface area contributed by atoms with E-state index in [1.807, 2.05) is 0 Å². The summed E-state index contributed by atoms with van der Waals surface area (Å²) in [5, 5.41) is 8.67. The SMILES string of the molecule is COc1ccc(Oc2ccc(CC(=O)O)cc2)nc1. The molecule has 5 nitrogen and oxygen atoms in total. The number of hydrogen-bond donors (Lipinski definition) is 1. The maximum Gasteiger partial charge on any atom is 0.307 e. The quantitative estimate of drug-likeness (QED) is 0.893. The van der Waals surface area contributed by atoms with E-state index in [-0.39, 0.29) is 6.42 Å². The second-order valence-electron chi connectivity index (χ2n) is 3.85. The first-order valence-corrected chi connectivity index (χ1v) is 5.66. The van der Waals surface area contributed by atoms with Gasteiger partial charge in [0.05, 0.1) is 19.7 Å². The van der Waals surface area contributed by atoms with Crippen LogP contribution in [0.15, 0.2) is 42.6 Å². The van der Waals surface area contributed by atoms with Gasteiger partial charge in [-0.25, -0.2) is 4.98 Å². The van der Waals surface area contributed by atoms with Crippen LogP contribution in [-0.2, 0) is 11.2 Å². The van der Waals surface area contributed by atoms with Gasteiger partial charge >= 0.3 is 5.97 Å². The van der Waals surface area contributed by atoms with Gasteiger partial charge in [0.1, 0.15) is 11.5 Å². The Morgan fingerprint density at radius 2 is 1.84 bits per heavy atom. The summed E-state index contributed by atoms with van der Waals surface area (Å²) < 4.78 is 10.5. The number of carboxylic acids is 1. The van der Waals surface area contributed by atoms with Crippen molar-refractivity contribution in [3.05, 3.63) is 48.2 Å². The average Bonchev–Trinajstić information content (AvgIpc) is 2.41. The van der Waals surface area contributed by atoms with Gasteiger partial charge in [0, 0.05) is 6.07 Å². The second-order valence-corrected chi connectivity index (χ2v) is 3.85. The molecule has 0 amide bonds. The first kappa shape index (κ1) is 12.9. The maximum absolute atomic E-state index is 10.6. The minimum absolute atomic E-state index is 0.00106. The number of rotatable bonds is 5. The molecule has 1 aromatic carbocycles. The van der Waals surface area contributed by atoms with Gasteiger partial charge in [-0.05, 0) is 23.8 Å². The van der Waals surface area contributed by atoms with Crippen molar-refractivity contribution in [3.8, 4) is 17.4 Å². The maximum atomic E-state index is 10.6. The van der Waals surface area contributed by atoms with E-state index < -0.39 is 5.97 Å². The monoisotopic (exact) mass is 259 g/mol. The van der Waals surface area contributed by atoms with Crippen molar-refractivity contribution >= 4 is 5.97 Å². The van der Waals surface area contributed by atoms with Gasteiger partial charge in [-0.2, -0.15) is 0 Å². The Bertz CT molecular complexity index is 549. The molecule has 1 aromatic heterocycles. The number of hydrogen-bond acceptors (Lipinski definition) is 4. The minimum Gasteiger partial charge on any atom is -0.495 e. The summed E-state index contributed by atoms with van der Waals surface area (Å²) in [5.41, 5.74) is 0.725. The number of benzene rings is 1. The second kappa shape index (κ2) is 5.86. The average molecular weight is 259 g/mol. The third-order valence-corrected chi connectivity index (χ3v) is 2.45. The van der Waals surface area contributed by atoms with E-state index in [9.17, 15) is 4.79 Å². The molecule has 0 aliphatic rings. The lowest BCUT2D eigenvalue weighted by molar-refractivity contribution is -0.136. The van der Waals surface area contributed by atoms with Gasteiger partial charge in [-0.1, -0.05) is 12.1 Å². The van der Waals surface area contributed by atoms with Gasteiger partial charge in [0.15, 0.2) is 0 Å². The number of aromatic nitrogens is 1. The molecule has 0 aliphatic carbocycles. The summed E-state index contributed by atoms with van der Waals surface area (Å²) >= 11 is 0. The van der Waals surface area contributed by atoms with Crippen LogP contribution in [0.2, 0.25) is 0 Å². The highest BCUT2D eigenvalue weighted by molar-refractivity contribution is 5.70. The van der Waals surface area contributed by atoms with Gasteiger partial charge in [0.2, 0.25) is 5.88 Å². The highest BCUT2D eigenvalue weighted by atomic mass is 16.5. The fraction of sp³-hybridized carbons (Fsp3) is 0.143. The Balaban J connectivity index is 2.04. The predicted octanol–water partition coefficient (Wildman–Crippen LogP) is 2.51. The third-order valence-electron chi connectivity index (χ3n) is 2.45. The lowest BCUT2D eigenvalue weighted by Gasteiger charge is -2.06. The van der Waals surface area contributed by atoms with E-state index in [0.29, 0.717) is 17.4 Å². The van der Waals surface area contributed by atoms with Crippen molar-refractivity contribution < 1.29 is 19.4 Å². The van der Waals surface area contributed by atoms with Gasteiger partial charge < -0.3 is 14.6 Å². The molecule has 5 heteroatoms. The molecule has 0 atom stereocenters. The molecule has 0 saturated heterocycles. The van der Waals surface area contributed by atoms with E-state index in [1.165, 1.54) is 0 Å². The summed E-state index contributed by atoms with van der Waals surface area (Å²) in [4.78, 5) is 14.6. The van der Waals surface area contributed by atoms with E-state index in [0.717, 1.165) is 5.56 Å². The molecule has 0 bridgehead atoms. The normalized spacial score (nSPS) is 9.95. The summed E-state index contributed by atoms with van der Waals surface area (Å²) in [6, 6.07) is 10.3. The lowest BCUT2D eigenvalue weighted by Crippen LogP contribution is -1.99. The molecule has 0 unspecified atom stereocenters. The molecule has 0 radical (unpaired) electrons. The number of aliphatic carboxylic acids is 1. The standard InChI is InChI=1S/C14H13NO4/c1-18-12-6-7-13(15-9-12)19-11-4-2-10(3-5-11)8-14(16)17/h2-7,9H,8H2,1H3,(H,16,17).